The highest BCUT2D eigenvalue weighted by Gasteiger charge is 2.09. The topological polar surface area (TPSA) is 70.6 Å². The molecule has 0 saturated carbocycles. The zero-order valence-corrected chi connectivity index (χ0v) is 15.9. The zero-order chi connectivity index (χ0) is 19.9. The Morgan fingerprint density at radius 2 is 1.50 bits per heavy atom. The number of hydrogen-bond acceptors (Lipinski definition) is 3. The van der Waals surface area contributed by atoms with Crippen LogP contribution < -0.4 is 10.7 Å². The quantitative estimate of drug-likeness (QED) is 0.487. The molecule has 0 aromatic heterocycles. The maximum Gasteiger partial charge on any atom is 0.272 e. The average Bonchev–Trinajstić information content (AvgIpc) is 2.73. The van der Waals surface area contributed by atoms with Crippen molar-refractivity contribution in [3.05, 3.63) is 101 Å². The molecule has 2 N–H and O–H groups in total. The Morgan fingerprint density at radius 3 is 2.25 bits per heavy atom. The van der Waals surface area contributed by atoms with Gasteiger partial charge in [-0.15, -0.1) is 0 Å². The van der Waals surface area contributed by atoms with Crippen LogP contribution in [0.4, 0.5) is 5.69 Å². The minimum absolute atomic E-state index is 0.195. The number of halogens is 1. The van der Waals surface area contributed by atoms with Crippen molar-refractivity contribution in [3.63, 3.8) is 0 Å². The van der Waals surface area contributed by atoms with Crippen molar-refractivity contribution in [1.29, 1.82) is 0 Å². The number of rotatable bonds is 5. The van der Waals surface area contributed by atoms with E-state index < -0.39 is 5.91 Å². The molecule has 28 heavy (non-hydrogen) atoms. The number of anilines is 1. The molecule has 0 unspecified atom stereocenters. The standard InChI is InChI=1S/C22H18ClN3O2/c1-15(25-26-22(28)19-12-5-6-13-20(19)23)17-10-7-11-18(14-17)24-21(27)16-8-3-2-4-9-16/h2-14H,1H3,(H,24,27)(H,26,28)/b25-15-. The van der Waals surface area contributed by atoms with Gasteiger partial charge in [-0.2, -0.15) is 5.10 Å². The minimum atomic E-state index is -0.390. The molecule has 6 heteroatoms. The lowest BCUT2D eigenvalue weighted by Gasteiger charge is -2.08. The van der Waals surface area contributed by atoms with E-state index in [4.69, 9.17) is 11.6 Å². The molecule has 5 nitrogen and oxygen atoms in total. The minimum Gasteiger partial charge on any atom is -0.322 e. The van der Waals surface area contributed by atoms with Gasteiger partial charge in [0.15, 0.2) is 0 Å². The third kappa shape index (κ3) is 4.84. The highest BCUT2D eigenvalue weighted by molar-refractivity contribution is 6.33. The molecule has 140 valence electrons. The zero-order valence-electron chi connectivity index (χ0n) is 15.1. The summed E-state index contributed by atoms with van der Waals surface area (Å²) >= 11 is 6.02. The molecule has 0 aliphatic rings. The Hall–Kier alpha value is -3.44. The van der Waals surface area contributed by atoms with Gasteiger partial charge in [0.2, 0.25) is 0 Å². The summed E-state index contributed by atoms with van der Waals surface area (Å²) in [6.07, 6.45) is 0. The number of hydrogen-bond donors (Lipinski definition) is 2. The maximum atomic E-state index is 12.3. The Bertz CT molecular complexity index is 1030. The molecule has 0 atom stereocenters. The van der Waals surface area contributed by atoms with Gasteiger partial charge < -0.3 is 5.32 Å². The van der Waals surface area contributed by atoms with Gasteiger partial charge in [0.1, 0.15) is 0 Å². The van der Waals surface area contributed by atoms with Crippen LogP contribution in [0, 0.1) is 0 Å². The average molecular weight is 392 g/mol. The largest absolute Gasteiger partial charge is 0.322 e. The number of benzene rings is 3. The van der Waals surface area contributed by atoms with E-state index in [1.807, 2.05) is 30.3 Å². The predicted octanol–water partition coefficient (Wildman–Crippen LogP) is 4.75. The molecule has 0 heterocycles. The predicted molar refractivity (Wildman–Crippen MR) is 112 cm³/mol. The third-order valence-electron chi connectivity index (χ3n) is 4.02. The van der Waals surface area contributed by atoms with Gasteiger partial charge >= 0.3 is 0 Å². The van der Waals surface area contributed by atoms with Crippen LogP contribution >= 0.6 is 11.6 Å². The van der Waals surface area contributed by atoms with Crippen molar-refractivity contribution >= 4 is 34.8 Å². The van der Waals surface area contributed by atoms with Crippen LogP contribution in [0.25, 0.3) is 0 Å². The normalized spacial score (nSPS) is 11.0. The van der Waals surface area contributed by atoms with Crippen molar-refractivity contribution in [2.24, 2.45) is 5.10 Å². The summed E-state index contributed by atoms with van der Waals surface area (Å²) in [4.78, 5) is 24.5. The van der Waals surface area contributed by atoms with E-state index in [1.165, 1.54) is 0 Å². The molecule has 3 aromatic rings. The van der Waals surface area contributed by atoms with Crippen LogP contribution in [0.3, 0.4) is 0 Å². The van der Waals surface area contributed by atoms with E-state index in [9.17, 15) is 9.59 Å². The molecule has 3 rings (SSSR count). The molecule has 0 fully saturated rings. The lowest BCUT2D eigenvalue weighted by atomic mass is 10.1. The second-order valence-electron chi connectivity index (χ2n) is 6.02. The number of carbonyl (C=O) groups excluding carboxylic acids is 2. The fourth-order valence-electron chi connectivity index (χ4n) is 2.52. The van der Waals surface area contributed by atoms with Crippen LogP contribution in [0.2, 0.25) is 5.02 Å². The number of nitrogens with one attached hydrogen (secondary N) is 2. The van der Waals surface area contributed by atoms with Gasteiger partial charge in [-0.3, -0.25) is 9.59 Å². The summed E-state index contributed by atoms with van der Waals surface area (Å²) < 4.78 is 0. The van der Waals surface area contributed by atoms with Gasteiger partial charge in [0.25, 0.3) is 11.8 Å². The summed E-state index contributed by atoms with van der Waals surface area (Å²) in [7, 11) is 0. The van der Waals surface area contributed by atoms with Gasteiger partial charge in [-0.05, 0) is 48.9 Å². The Morgan fingerprint density at radius 1 is 0.821 bits per heavy atom. The summed E-state index contributed by atoms with van der Waals surface area (Å²) in [5.74, 6) is -0.585. The monoisotopic (exact) mass is 391 g/mol. The Balaban J connectivity index is 1.70. The lowest BCUT2D eigenvalue weighted by molar-refractivity contribution is 0.0954. The molecule has 2 amide bonds. The highest BCUT2D eigenvalue weighted by atomic mass is 35.5. The first-order valence-electron chi connectivity index (χ1n) is 8.60. The molecule has 0 radical (unpaired) electrons. The lowest BCUT2D eigenvalue weighted by Crippen LogP contribution is -2.19. The van der Waals surface area contributed by atoms with E-state index in [2.05, 4.69) is 15.8 Å². The van der Waals surface area contributed by atoms with Gasteiger partial charge in [-0.25, -0.2) is 5.43 Å². The molecule has 0 bridgehead atoms. The molecular weight excluding hydrogens is 374 g/mol. The molecular formula is C22H18ClN3O2. The van der Waals surface area contributed by atoms with Crippen molar-refractivity contribution in [2.45, 2.75) is 6.92 Å². The van der Waals surface area contributed by atoms with Crippen LogP contribution in [0.5, 0.6) is 0 Å². The van der Waals surface area contributed by atoms with E-state index in [1.54, 1.807) is 55.5 Å². The van der Waals surface area contributed by atoms with Crippen LogP contribution in [0.1, 0.15) is 33.2 Å². The second-order valence-corrected chi connectivity index (χ2v) is 6.43. The first-order chi connectivity index (χ1) is 13.5. The van der Waals surface area contributed by atoms with E-state index in [-0.39, 0.29) is 5.91 Å². The molecule has 0 spiro atoms. The van der Waals surface area contributed by atoms with Crippen molar-refractivity contribution in [1.82, 2.24) is 5.43 Å². The SMILES string of the molecule is C/C(=N/NC(=O)c1ccccc1Cl)c1cccc(NC(=O)c2ccccc2)c1. The number of hydrazone groups is 1. The van der Waals surface area contributed by atoms with Crippen molar-refractivity contribution in [2.75, 3.05) is 5.32 Å². The number of nitrogens with zero attached hydrogens (tertiary/aromatic N) is 1. The smallest absolute Gasteiger partial charge is 0.272 e. The maximum absolute atomic E-state index is 12.3. The summed E-state index contributed by atoms with van der Waals surface area (Å²) in [6, 6.07) is 23.0. The fraction of sp³-hybridized carbons (Fsp3) is 0.0455. The second kappa shape index (κ2) is 8.97. The Labute approximate surface area is 168 Å². The van der Waals surface area contributed by atoms with Crippen LogP contribution in [-0.2, 0) is 0 Å². The first kappa shape index (κ1) is 19.3. The Kier molecular flexibility index (Phi) is 6.19. The number of carbonyl (C=O) groups is 2. The highest BCUT2D eigenvalue weighted by Crippen LogP contribution is 2.15. The summed E-state index contributed by atoms with van der Waals surface area (Å²) in [5, 5.41) is 7.35. The molecule has 3 aromatic carbocycles. The van der Waals surface area contributed by atoms with Crippen LogP contribution in [0.15, 0.2) is 84.0 Å². The molecule has 0 aliphatic carbocycles. The summed E-state index contributed by atoms with van der Waals surface area (Å²) in [5.41, 5.74) is 5.43. The fourth-order valence-corrected chi connectivity index (χ4v) is 2.74. The van der Waals surface area contributed by atoms with Crippen LogP contribution in [-0.4, -0.2) is 17.5 Å². The van der Waals surface area contributed by atoms with E-state index in [0.717, 1.165) is 5.56 Å². The number of amides is 2. The van der Waals surface area contributed by atoms with E-state index >= 15 is 0 Å². The van der Waals surface area contributed by atoms with Crippen molar-refractivity contribution < 1.29 is 9.59 Å². The molecule has 0 aliphatic heterocycles. The summed E-state index contributed by atoms with van der Waals surface area (Å²) in [6.45, 7) is 1.77. The van der Waals surface area contributed by atoms with Crippen molar-refractivity contribution in [3.8, 4) is 0 Å². The van der Waals surface area contributed by atoms with Gasteiger partial charge in [-0.1, -0.05) is 54.1 Å². The van der Waals surface area contributed by atoms with Gasteiger partial charge in [0, 0.05) is 11.3 Å². The van der Waals surface area contributed by atoms with E-state index in [0.29, 0.717) is 27.5 Å². The third-order valence-corrected chi connectivity index (χ3v) is 4.35. The molecule has 0 saturated heterocycles. The van der Waals surface area contributed by atoms with Gasteiger partial charge in [0.05, 0.1) is 16.3 Å². The first-order valence-corrected chi connectivity index (χ1v) is 8.98.